The molecule has 2 atom stereocenters. The van der Waals surface area contributed by atoms with Crippen LogP contribution in [0.3, 0.4) is 0 Å². The molecule has 1 amide bonds. The van der Waals surface area contributed by atoms with E-state index >= 15 is 0 Å². The Morgan fingerprint density at radius 1 is 1.45 bits per heavy atom. The molecule has 0 saturated carbocycles. The number of methoxy groups -OCH3 is 1. The van der Waals surface area contributed by atoms with E-state index in [1.54, 1.807) is 31.4 Å². The fourth-order valence-corrected chi connectivity index (χ4v) is 1.58. The van der Waals surface area contributed by atoms with Crippen LogP contribution in [0.5, 0.6) is 5.75 Å². The van der Waals surface area contributed by atoms with Crippen LogP contribution in [0.1, 0.15) is 25.5 Å². The molecule has 0 spiro atoms. The number of benzene rings is 1. The van der Waals surface area contributed by atoms with Crippen molar-refractivity contribution in [3.8, 4) is 5.75 Å². The second-order valence-electron chi connectivity index (χ2n) is 4.81. The van der Waals surface area contributed by atoms with Gasteiger partial charge < -0.3 is 20.9 Å². The standard InChI is InChI=1S/C14H22N2O3.ClH/c1-9(2)13(15)14(18)16-8-12(17)10-5-4-6-11(7-10)19-3;/h4-7,9,12-13,17H,8,15H2,1-3H3,(H,16,18);1H/t12?,13-;/m0./s1. The normalized spacial score (nSPS) is 13.3. The topological polar surface area (TPSA) is 84.6 Å². The number of aliphatic hydroxyl groups excluding tert-OH is 1. The molecular formula is C14H23ClN2O3. The number of aliphatic hydroxyl groups is 1. The van der Waals surface area contributed by atoms with Gasteiger partial charge in [-0.15, -0.1) is 12.4 Å². The first-order valence-electron chi connectivity index (χ1n) is 6.31. The molecule has 20 heavy (non-hydrogen) atoms. The molecule has 0 radical (unpaired) electrons. The summed E-state index contributed by atoms with van der Waals surface area (Å²) in [6.45, 7) is 3.89. The molecule has 1 unspecified atom stereocenters. The summed E-state index contributed by atoms with van der Waals surface area (Å²) in [6.07, 6.45) is -0.779. The highest BCUT2D eigenvalue weighted by Gasteiger charge is 2.18. The van der Waals surface area contributed by atoms with Crippen molar-refractivity contribution in [1.29, 1.82) is 0 Å². The summed E-state index contributed by atoms with van der Waals surface area (Å²) in [5.41, 5.74) is 6.41. The van der Waals surface area contributed by atoms with Crippen LogP contribution < -0.4 is 15.8 Å². The Kier molecular flexibility index (Phi) is 8.22. The van der Waals surface area contributed by atoms with Gasteiger partial charge in [-0.3, -0.25) is 4.79 Å². The number of hydrogen-bond acceptors (Lipinski definition) is 4. The molecule has 1 aromatic rings. The van der Waals surface area contributed by atoms with E-state index in [0.717, 1.165) is 0 Å². The van der Waals surface area contributed by atoms with Gasteiger partial charge in [0.15, 0.2) is 0 Å². The highest BCUT2D eigenvalue weighted by molar-refractivity contribution is 5.85. The first-order valence-corrected chi connectivity index (χ1v) is 6.31. The zero-order valence-electron chi connectivity index (χ0n) is 12.0. The quantitative estimate of drug-likeness (QED) is 0.738. The van der Waals surface area contributed by atoms with Crippen LogP contribution >= 0.6 is 12.4 Å². The Balaban J connectivity index is 0.00000361. The summed E-state index contributed by atoms with van der Waals surface area (Å²) in [7, 11) is 1.56. The molecule has 4 N–H and O–H groups in total. The number of nitrogens with two attached hydrogens (primary N) is 1. The number of nitrogens with one attached hydrogen (secondary N) is 1. The van der Waals surface area contributed by atoms with E-state index in [-0.39, 0.29) is 30.8 Å². The van der Waals surface area contributed by atoms with Gasteiger partial charge in [0.2, 0.25) is 5.91 Å². The van der Waals surface area contributed by atoms with Gasteiger partial charge in [-0.1, -0.05) is 26.0 Å². The second-order valence-corrected chi connectivity index (χ2v) is 4.81. The monoisotopic (exact) mass is 302 g/mol. The molecule has 0 heterocycles. The molecular weight excluding hydrogens is 280 g/mol. The number of ether oxygens (including phenoxy) is 1. The molecule has 0 saturated heterocycles. The van der Waals surface area contributed by atoms with Crippen molar-refractivity contribution in [3.63, 3.8) is 0 Å². The highest BCUT2D eigenvalue weighted by atomic mass is 35.5. The maximum absolute atomic E-state index is 11.7. The lowest BCUT2D eigenvalue weighted by atomic mass is 10.0. The van der Waals surface area contributed by atoms with Crippen molar-refractivity contribution in [2.45, 2.75) is 26.0 Å². The van der Waals surface area contributed by atoms with E-state index in [2.05, 4.69) is 5.32 Å². The number of hydrogen-bond donors (Lipinski definition) is 3. The van der Waals surface area contributed by atoms with Gasteiger partial charge in [0.05, 0.1) is 19.3 Å². The summed E-state index contributed by atoms with van der Waals surface area (Å²) < 4.78 is 5.08. The van der Waals surface area contributed by atoms with Crippen LogP contribution in [0.2, 0.25) is 0 Å². The summed E-state index contributed by atoms with van der Waals surface area (Å²) in [5.74, 6) is 0.479. The molecule has 114 valence electrons. The van der Waals surface area contributed by atoms with Gasteiger partial charge in [0, 0.05) is 6.54 Å². The van der Waals surface area contributed by atoms with Crippen molar-refractivity contribution in [2.75, 3.05) is 13.7 Å². The third kappa shape index (κ3) is 5.36. The predicted molar refractivity (Wildman–Crippen MR) is 81.0 cm³/mol. The first kappa shape index (κ1) is 18.7. The smallest absolute Gasteiger partial charge is 0.237 e. The van der Waals surface area contributed by atoms with Crippen molar-refractivity contribution < 1.29 is 14.6 Å². The molecule has 0 aliphatic rings. The van der Waals surface area contributed by atoms with Crippen LogP contribution in [-0.4, -0.2) is 30.7 Å². The minimum atomic E-state index is -0.779. The van der Waals surface area contributed by atoms with Crippen LogP contribution in [0.15, 0.2) is 24.3 Å². The van der Waals surface area contributed by atoms with E-state index in [0.29, 0.717) is 11.3 Å². The summed E-state index contributed by atoms with van der Waals surface area (Å²) >= 11 is 0. The number of amides is 1. The van der Waals surface area contributed by atoms with E-state index < -0.39 is 12.1 Å². The lowest BCUT2D eigenvalue weighted by molar-refractivity contribution is -0.123. The van der Waals surface area contributed by atoms with E-state index in [4.69, 9.17) is 10.5 Å². The molecule has 6 heteroatoms. The van der Waals surface area contributed by atoms with Gasteiger partial charge in [-0.2, -0.15) is 0 Å². The van der Waals surface area contributed by atoms with Crippen LogP contribution in [0.25, 0.3) is 0 Å². The molecule has 1 aromatic carbocycles. The summed E-state index contributed by atoms with van der Waals surface area (Å²) in [4.78, 5) is 11.7. The molecule has 0 bridgehead atoms. The lowest BCUT2D eigenvalue weighted by Crippen LogP contribution is -2.45. The van der Waals surface area contributed by atoms with Crippen molar-refractivity contribution in [2.24, 2.45) is 11.7 Å². The van der Waals surface area contributed by atoms with Gasteiger partial charge >= 0.3 is 0 Å². The number of halogens is 1. The van der Waals surface area contributed by atoms with Crippen LogP contribution in [0.4, 0.5) is 0 Å². The van der Waals surface area contributed by atoms with Crippen molar-refractivity contribution in [1.82, 2.24) is 5.32 Å². The lowest BCUT2D eigenvalue weighted by Gasteiger charge is -2.18. The molecule has 0 fully saturated rings. The zero-order chi connectivity index (χ0) is 14.4. The number of rotatable bonds is 6. The van der Waals surface area contributed by atoms with Gasteiger partial charge in [0.1, 0.15) is 5.75 Å². The Labute approximate surface area is 125 Å². The fraction of sp³-hybridized carbons (Fsp3) is 0.500. The number of carbonyl (C=O) groups is 1. The summed E-state index contributed by atoms with van der Waals surface area (Å²) in [6, 6.07) is 6.54. The largest absolute Gasteiger partial charge is 0.497 e. The maximum atomic E-state index is 11.7. The fourth-order valence-electron chi connectivity index (χ4n) is 1.58. The summed E-state index contributed by atoms with van der Waals surface area (Å²) in [5, 5.41) is 12.6. The van der Waals surface area contributed by atoms with Gasteiger partial charge in [-0.25, -0.2) is 0 Å². The average molecular weight is 303 g/mol. The SMILES string of the molecule is COc1cccc(C(O)CNC(=O)[C@@H](N)C(C)C)c1.Cl. The Morgan fingerprint density at radius 2 is 2.10 bits per heavy atom. The average Bonchev–Trinajstić information content (AvgIpc) is 2.43. The third-order valence-corrected chi connectivity index (χ3v) is 2.97. The van der Waals surface area contributed by atoms with Gasteiger partial charge in [0.25, 0.3) is 0 Å². The van der Waals surface area contributed by atoms with Gasteiger partial charge in [-0.05, 0) is 23.6 Å². The Hall–Kier alpha value is -1.30. The molecule has 0 aliphatic carbocycles. The maximum Gasteiger partial charge on any atom is 0.237 e. The van der Waals surface area contributed by atoms with Crippen LogP contribution in [-0.2, 0) is 4.79 Å². The first-order chi connectivity index (χ1) is 8.95. The number of carbonyl (C=O) groups excluding carboxylic acids is 1. The Bertz CT molecular complexity index is 427. The third-order valence-electron chi connectivity index (χ3n) is 2.97. The molecule has 0 aliphatic heterocycles. The minimum absolute atomic E-state index is 0. The van der Waals surface area contributed by atoms with E-state index in [1.807, 2.05) is 13.8 Å². The van der Waals surface area contributed by atoms with E-state index in [1.165, 1.54) is 0 Å². The molecule has 5 nitrogen and oxygen atoms in total. The predicted octanol–water partition coefficient (Wildman–Crippen LogP) is 1.25. The minimum Gasteiger partial charge on any atom is -0.497 e. The Morgan fingerprint density at radius 3 is 2.65 bits per heavy atom. The second kappa shape index (κ2) is 8.79. The van der Waals surface area contributed by atoms with Crippen LogP contribution in [0, 0.1) is 5.92 Å². The van der Waals surface area contributed by atoms with Crippen molar-refractivity contribution in [3.05, 3.63) is 29.8 Å². The highest BCUT2D eigenvalue weighted by Crippen LogP contribution is 2.18. The molecule has 0 aromatic heterocycles. The zero-order valence-corrected chi connectivity index (χ0v) is 12.8. The molecule has 1 rings (SSSR count). The van der Waals surface area contributed by atoms with Crippen molar-refractivity contribution >= 4 is 18.3 Å². The van der Waals surface area contributed by atoms with E-state index in [9.17, 15) is 9.90 Å².